The van der Waals surface area contributed by atoms with Crippen LogP contribution in [0.15, 0.2) is 28.7 Å². The summed E-state index contributed by atoms with van der Waals surface area (Å²) in [4.78, 5) is 2.47. The van der Waals surface area contributed by atoms with Crippen LogP contribution in [0.2, 0.25) is 0 Å². The van der Waals surface area contributed by atoms with Crippen LogP contribution in [0.25, 0.3) is 0 Å². The van der Waals surface area contributed by atoms with Gasteiger partial charge in [0.05, 0.1) is 0 Å². The van der Waals surface area contributed by atoms with Crippen LogP contribution in [0.5, 0.6) is 0 Å². The molecule has 1 atom stereocenters. The molecule has 1 aliphatic rings. The second kappa shape index (κ2) is 5.80. The fourth-order valence-electron chi connectivity index (χ4n) is 2.15. The Balaban J connectivity index is 1.80. The van der Waals surface area contributed by atoms with Gasteiger partial charge in [0.15, 0.2) is 0 Å². The lowest BCUT2D eigenvalue weighted by molar-refractivity contribution is 0.260. The number of likely N-dealkylation sites (N-methyl/N-ethyl adjacent to an activating group) is 1. The lowest BCUT2D eigenvalue weighted by Crippen LogP contribution is -2.34. The minimum atomic E-state index is 0.732. The fourth-order valence-corrected chi connectivity index (χ4v) is 2.42. The molecule has 16 heavy (non-hydrogen) atoms. The predicted octanol–water partition coefficient (Wildman–Crippen LogP) is 2.29. The SMILES string of the molecule is CN(CCc1ccc(Br)cc1)C1CCNC1. The molecule has 1 aromatic carbocycles. The first-order chi connectivity index (χ1) is 7.75. The molecule has 1 N–H and O–H groups in total. The van der Waals surface area contributed by atoms with E-state index in [2.05, 4.69) is 57.5 Å². The molecule has 1 aliphatic heterocycles. The monoisotopic (exact) mass is 282 g/mol. The first-order valence-corrected chi connectivity index (χ1v) is 6.70. The fraction of sp³-hybridized carbons (Fsp3) is 0.538. The molecule has 3 heteroatoms. The Morgan fingerprint density at radius 2 is 2.12 bits per heavy atom. The molecule has 1 fully saturated rings. The molecule has 2 nitrogen and oxygen atoms in total. The van der Waals surface area contributed by atoms with Crippen molar-refractivity contribution in [1.29, 1.82) is 0 Å². The van der Waals surface area contributed by atoms with Gasteiger partial charge < -0.3 is 10.2 Å². The molecular weight excluding hydrogens is 264 g/mol. The number of halogens is 1. The molecule has 0 radical (unpaired) electrons. The van der Waals surface area contributed by atoms with Crippen molar-refractivity contribution >= 4 is 15.9 Å². The molecule has 1 aromatic rings. The summed E-state index contributed by atoms with van der Waals surface area (Å²) < 4.78 is 1.16. The first kappa shape index (κ1) is 12.1. The molecule has 0 bridgehead atoms. The van der Waals surface area contributed by atoms with Crippen LogP contribution in [0.3, 0.4) is 0 Å². The minimum Gasteiger partial charge on any atom is -0.315 e. The molecule has 2 rings (SSSR count). The van der Waals surface area contributed by atoms with Crippen molar-refractivity contribution in [3.05, 3.63) is 34.3 Å². The molecule has 88 valence electrons. The van der Waals surface area contributed by atoms with E-state index < -0.39 is 0 Å². The minimum absolute atomic E-state index is 0.732. The van der Waals surface area contributed by atoms with Crippen LogP contribution in [-0.2, 0) is 6.42 Å². The van der Waals surface area contributed by atoms with Crippen LogP contribution in [0.1, 0.15) is 12.0 Å². The van der Waals surface area contributed by atoms with E-state index in [0.29, 0.717) is 0 Å². The molecule has 0 aliphatic carbocycles. The number of benzene rings is 1. The third-order valence-electron chi connectivity index (χ3n) is 3.32. The number of nitrogens with one attached hydrogen (secondary N) is 1. The quantitative estimate of drug-likeness (QED) is 0.912. The van der Waals surface area contributed by atoms with Gasteiger partial charge in [-0.15, -0.1) is 0 Å². The summed E-state index contributed by atoms with van der Waals surface area (Å²) in [6, 6.07) is 9.37. The molecule has 0 spiro atoms. The predicted molar refractivity (Wildman–Crippen MR) is 71.8 cm³/mol. The summed E-state index contributed by atoms with van der Waals surface area (Å²) >= 11 is 3.46. The Morgan fingerprint density at radius 3 is 2.75 bits per heavy atom. The van der Waals surface area contributed by atoms with Gasteiger partial charge in [0.25, 0.3) is 0 Å². The summed E-state index contributed by atoms with van der Waals surface area (Å²) in [5.74, 6) is 0. The van der Waals surface area contributed by atoms with Crippen molar-refractivity contribution in [2.24, 2.45) is 0 Å². The highest BCUT2D eigenvalue weighted by Gasteiger charge is 2.18. The molecule has 1 unspecified atom stereocenters. The van der Waals surface area contributed by atoms with E-state index in [1.807, 2.05) is 0 Å². The summed E-state index contributed by atoms with van der Waals surface area (Å²) in [7, 11) is 2.23. The lowest BCUT2D eigenvalue weighted by atomic mass is 10.1. The highest BCUT2D eigenvalue weighted by atomic mass is 79.9. The van der Waals surface area contributed by atoms with Crippen LogP contribution in [0, 0.1) is 0 Å². The molecule has 1 heterocycles. The van der Waals surface area contributed by atoms with Crippen LogP contribution in [0.4, 0.5) is 0 Å². The molecule has 0 amide bonds. The molecule has 0 aromatic heterocycles. The van der Waals surface area contributed by atoms with Crippen molar-refractivity contribution in [1.82, 2.24) is 10.2 Å². The average molecular weight is 283 g/mol. The van der Waals surface area contributed by atoms with Crippen molar-refractivity contribution in [2.75, 3.05) is 26.7 Å². The highest BCUT2D eigenvalue weighted by Crippen LogP contribution is 2.12. The largest absolute Gasteiger partial charge is 0.315 e. The zero-order valence-electron chi connectivity index (χ0n) is 9.75. The summed E-state index contributed by atoms with van der Waals surface area (Å²) in [5.41, 5.74) is 1.42. The standard InChI is InChI=1S/C13H19BrN2/c1-16(13-6-8-15-10-13)9-7-11-2-4-12(14)5-3-11/h2-5,13,15H,6-10H2,1H3. The van der Waals surface area contributed by atoms with E-state index in [1.165, 1.54) is 18.5 Å². The van der Waals surface area contributed by atoms with Gasteiger partial charge in [0, 0.05) is 23.6 Å². The Morgan fingerprint density at radius 1 is 1.38 bits per heavy atom. The topological polar surface area (TPSA) is 15.3 Å². The summed E-state index contributed by atoms with van der Waals surface area (Å²) in [6.45, 7) is 3.47. The number of hydrogen-bond acceptors (Lipinski definition) is 2. The average Bonchev–Trinajstić information content (AvgIpc) is 2.81. The van der Waals surface area contributed by atoms with E-state index in [1.54, 1.807) is 0 Å². The van der Waals surface area contributed by atoms with E-state index in [-0.39, 0.29) is 0 Å². The van der Waals surface area contributed by atoms with Crippen LogP contribution >= 0.6 is 15.9 Å². The third-order valence-corrected chi connectivity index (χ3v) is 3.85. The molecule has 0 saturated carbocycles. The number of rotatable bonds is 4. The van der Waals surface area contributed by atoms with Gasteiger partial charge in [-0.3, -0.25) is 0 Å². The Hall–Kier alpha value is -0.380. The Bertz CT molecular complexity index is 317. The first-order valence-electron chi connectivity index (χ1n) is 5.91. The van der Waals surface area contributed by atoms with Crippen molar-refractivity contribution in [3.63, 3.8) is 0 Å². The molecular formula is C13H19BrN2. The molecule has 1 saturated heterocycles. The van der Waals surface area contributed by atoms with E-state index in [4.69, 9.17) is 0 Å². The second-order valence-corrected chi connectivity index (χ2v) is 5.42. The van der Waals surface area contributed by atoms with E-state index in [0.717, 1.165) is 30.0 Å². The Kier molecular flexibility index (Phi) is 4.38. The maximum absolute atomic E-state index is 3.46. The van der Waals surface area contributed by atoms with Gasteiger partial charge in [-0.05, 0) is 44.1 Å². The van der Waals surface area contributed by atoms with Crippen LogP contribution < -0.4 is 5.32 Å². The normalized spacial score (nSPS) is 20.6. The lowest BCUT2D eigenvalue weighted by Gasteiger charge is -2.23. The van der Waals surface area contributed by atoms with Gasteiger partial charge in [0.2, 0.25) is 0 Å². The smallest absolute Gasteiger partial charge is 0.0229 e. The maximum atomic E-state index is 3.46. The zero-order chi connectivity index (χ0) is 11.4. The Labute approximate surface area is 106 Å². The van der Waals surface area contributed by atoms with Gasteiger partial charge in [0.1, 0.15) is 0 Å². The van der Waals surface area contributed by atoms with Gasteiger partial charge in [-0.1, -0.05) is 28.1 Å². The number of hydrogen-bond donors (Lipinski definition) is 1. The van der Waals surface area contributed by atoms with Gasteiger partial charge >= 0.3 is 0 Å². The van der Waals surface area contributed by atoms with Crippen LogP contribution in [-0.4, -0.2) is 37.6 Å². The van der Waals surface area contributed by atoms with Crippen molar-refractivity contribution < 1.29 is 0 Å². The highest BCUT2D eigenvalue weighted by molar-refractivity contribution is 9.10. The number of nitrogens with zero attached hydrogens (tertiary/aromatic N) is 1. The van der Waals surface area contributed by atoms with Crippen molar-refractivity contribution in [2.45, 2.75) is 18.9 Å². The van der Waals surface area contributed by atoms with E-state index in [9.17, 15) is 0 Å². The van der Waals surface area contributed by atoms with Crippen molar-refractivity contribution in [3.8, 4) is 0 Å². The zero-order valence-corrected chi connectivity index (χ0v) is 11.3. The summed E-state index contributed by atoms with van der Waals surface area (Å²) in [6.07, 6.45) is 2.43. The van der Waals surface area contributed by atoms with E-state index >= 15 is 0 Å². The maximum Gasteiger partial charge on any atom is 0.0229 e. The second-order valence-electron chi connectivity index (χ2n) is 4.50. The van der Waals surface area contributed by atoms with Gasteiger partial charge in [-0.25, -0.2) is 0 Å². The third kappa shape index (κ3) is 3.30. The van der Waals surface area contributed by atoms with Gasteiger partial charge in [-0.2, -0.15) is 0 Å². The summed E-state index contributed by atoms with van der Waals surface area (Å²) in [5, 5.41) is 3.41.